The Morgan fingerprint density at radius 2 is 2.04 bits per heavy atom. The molecule has 6 heteroatoms. The summed E-state index contributed by atoms with van der Waals surface area (Å²) in [6.45, 7) is 0.466. The molecule has 2 aliphatic carbocycles. The van der Waals surface area contributed by atoms with Crippen molar-refractivity contribution in [3.63, 3.8) is 0 Å². The van der Waals surface area contributed by atoms with Crippen molar-refractivity contribution < 1.29 is 9.53 Å². The summed E-state index contributed by atoms with van der Waals surface area (Å²) in [5, 5.41) is 3.75. The van der Waals surface area contributed by atoms with E-state index in [2.05, 4.69) is 5.32 Å². The molecular weight excluding hydrogens is 359 g/mol. The van der Waals surface area contributed by atoms with Crippen molar-refractivity contribution in [3.8, 4) is 0 Å². The first-order valence-electron chi connectivity index (χ1n) is 8.90. The van der Waals surface area contributed by atoms with Crippen LogP contribution < -0.4 is 11.1 Å². The minimum absolute atomic E-state index is 0. The standard InChI is InChI=1S/C19H27ClN2O2.ClH/c1-24-17(12-4-3-7-16(20)10-12)11-22-19(23)15-8-13-5-2-6-14(9-15)18(13)21;/h3-4,7,10,13-15,17-18H,2,5-6,8-9,11,21H2,1H3,(H,22,23);1H. The Kier molecular flexibility index (Phi) is 7.56. The van der Waals surface area contributed by atoms with E-state index in [-0.39, 0.29) is 30.3 Å². The summed E-state index contributed by atoms with van der Waals surface area (Å²) in [7, 11) is 1.65. The van der Waals surface area contributed by atoms with Crippen molar-refractivity contribution in [1.29, 1.82) is 0 Å². The summed E-state index contributed by atoms with van der Waals surface area (Å²) < 4.78 is 5.53. The number of rotatable bonds is 5. The molecule has 1 aromatic carbocycles. The molecule has 2 fully saturated rings. The Labute approximate surface area is 161 Å². The molecule has 140 valence electrons. The molecule has 25 heavy (non-hydrogen) atoms. The predicted molar refractivity (Wildman–Crippen MR) is 103 cm³/mol. The van der Waals surface area contributed by atoms with Crippen LogP contribution in [0, 0.1) is 17.8 Å². The summed E-state index contributed by atoms with van der Waals surface area (Å²) in [6, 6.07) is 7.87. The van der Waals surface area contributed by atoms with E-state index in [9.17, 15) is 4.79 Å². The van der Waals surface area contributed by atoms with Crippen molar-refractivity contribution in [1.82, 2.24) is 5.32 Å². The van der Waals surface area contributed by atoms with E-state index in [1.54, 1.807) is 7.11 Å². The zero-order valence-electron chi connectivity index (χ0n) is 14.6. The van der Waals surface area contributed by atoms with Crippen LogP contribution in [0.3, 0.4) is 0 Å². The molecule has 0 spiro atoms. The van der Waals surface area contributed by atoms with Crippen LogP contribution in [0.1, 0.15) is 43.8 Å². The molecule has 0 aliphatic heterocycles. The molecule has 2 saturated carbocycles. The Balaban J connectivity index is 0.00000225. The zero-order valence-corrected chi connectivity index (χ0v) is 16.2. The van der Waals surface area contributed by atoms with Crippen LogP contribution in [0.4, 0.5) is 0 Å². The average molecular weight is 387 g/mol. The second-order valence-corrected chi connectivity index (χ2v) is 7.66. The topological polar surface area (TPSA) is 64.3 Å². The van der Waals surface area contributed by atoms with Crippen molar-refractivity contribution in [3.05, 3.63) is 34.9 Å². The Bertz CT molecular complexity index is 570. The third-order valence-electron chi connectivity index (χ3n) is 5.75. The molecule has 0 saturated heterocycles. The SMILES string of the molecule is COC(CNC(=O)C1CC2CCCC(C1)C2N)c1cccc(Cl)c1.Cl. The fourth-order valence-corrected chi connectivity index (χ4v) is 4.58. The summed E-state index contributed by atoms with van der Waals surface area (Å²) >= 11 is 6.04. The van der Waals surface area contributed by atoms with Crippen LogP contribution in [0.2, 0.25) is 5.02 Å². The van der Waals surface area contributed by atoms with Crippen LogP contribution in [0.15, 0.2) is 24.3 Å². The van der Waals surface area contributed by atoms with Crippen LogP contribution in [-0.4, -0.2) is 25.6 Å². The van der Waals surface area contributed by atoms with Crippen molar-refractivity contribution >= 4 is 29.9 Å². The lowest BCUT2D eigenvalue weighted by atomic mass is 9.65. The highest BCUT2D eigenvalue weighted by Crippen LogP contribution is 2.41. The minimum atomic E-state index is -0.182. The number of nitrogens with two attached hydrogens (primary N) is 1. The second-order valence-electron chi connectivity index (χ2n) is 7.22. The average Bonchev–Trinajstić information content (AvgIpc) is 2.55. The molecule has 2 aliphatic rings. The van der Waals surface area contributed by atoms with Gasteiger partial charge in [0.15, 0.2) is 0 Å². The fourth-order valence-electron chi connectivity index (χ4n) is 4.38. The molecule has 0 aromatic heterocycles. The number of fused-ring (bicyclic) bond motifs is 2. The number of amides is 1. The summed E-state index contributed by atoms with van der Waals surface area (Å²) in [5.41, 5.74) is 7.30. The first kappa shape index (κ1) is 20.5. The highest BCUT2D eigenvalue weighted by atomic mass is 35.5. The van der Waals surface area contributed by atoms with Crippen LogP contribution in [0.25, 0.3) is 0 Å². The quantitative estimate of drug-likeness (QED) is 0.810. The fraction of sp³-hybridized carbons (Fsp3) is 0.632. The first-order valence-corrected chi connectivity index (χ1v) is 9.28. The maximum Gasteiger partial charge on any atom is 0.223 e. The van der Waals surface area contributed by atoms with Crippen LogP contribution in [-0.2, 0) is 9.53 Å². The monoisotopic (exact) mass is 386 g/mol. The Morgan fingerprint density at radius 1 is 1.36 bits per heavy atom. The van der Waals surface area contributed by atoms with Crippen LogP contribution in [0.5, 0.6) is 0 Å². The highest BCUT2D eigenvalue weighted by Gasteiger charge is 2.40. The largest absolute Gasteiger partial charge is 0.375 e. The van der Waals surface area contributed by atoms with Gasteiger partial charge in [-0.3, -0.25) is 4.79 Å². The van der Waals surface area contributed by atoms with Crippen molar-refractivity contribution in [2.75, 3.05) is 13.7 Å². The van der Waals surface area contributed by atoms with E-state index in [0.29, 0.717) is 29.4 Å². The van der Waals surface area contributed by atoms with E-state index in [1.165, 1.54) is 19.3 Å². The second kappa shape index (κ2) is 9.22. The maximum absolute atomic E-state index is 12.6. The van der Waals surface area contributed by atoms with Gasteiger partial charge in [0.1, 0.15) is 0 Å². The third-order valence-corrected chi connectivity index (χ3v) is 5.99. The van der Waals surface area contributed by atoms with Crippen LogP contribution >= 0.6 is 24.0 Å². The molecule has 3 N–H and O–H groups in total. The Hall–Kier alpha value is -0.810. The number of nitrogens with one attached hydrogen (secondary N) is 1. The number of ether oxygens (including phenoxy) is 1. The maximum atomic E-state index is 12.6. The van der Waals surface area contributed by atoms with Gasteiger partial charge in [-0.15, -0.1) is 12.4 Å². The van der Waals surface area contributed by atoms with Crippen molar-refractivity contribution in [2.45, 2.75) is 44.2 Å². The minimum Gasteiger partial charge on any atom is -0.375 e. The number of carbonyl (C=O) groups is 1. The summed E-state index contributed by atoms with van der Waals surface area (Å²) in [5.74, 6) is 1.26. The molecule has 4 nitrogen and oxygen atoms in total. The van der Waals surface area contributed by atoms with Gasteiger partial charge in [-0.2, -0.15) is 0 Å². The predicted octanol–water partition coefficient (Wildman–Crippen LogP) is 3.72. The van der Waals surface area contributed by atoms with Gasteiger partial charge >= 0.3 is 0 Å². The zero-order chi connectivity index (χ0) is 17.1. The normalized spacial score (nSPS) is 29.4. The molecule has 2 bridgehead atoms. The lowest BCUT2D eigenvalue weighted by molar-refractivity contribution is -0.128. The first-order chi connectivity index (χ1) is 11.6. The number of halogens is 2. The van der Waals surface area contributed by atoms with Gasteiger partial charge < -0.3 is 15.8 Å². The molecule has 3 atom stereocenters. The number of carbonyl (C=O) groups excluding carboxylic acids is 1. The van der Waals surface area contributed by atoms with Gasteiger partial charge in [-0.25, -0.2) is 0 Å². The number of benzene rings is 1. The lowest BCUT2D eigenvalue weighted by Gasteiger charge is -2.43. The van der Waals surface area contributed by atoms with E-state index in [4.69, 9.17) is 22.1 Å². The molecule has 0 heterocycles. The van der Waals surface area contributed by atoms with Gasteiger partial charge in [0.2, 0.25) is 5.91 Å². The summed E-state index contributed by atoms with van der Waals surface area (Å²) in [4.78, 5) is 12.6. The van der Waals surface area contributed by atoms with Gasteiger partial charge in [0, 0.05) is 30.6 Å². The number of hydrogen-bond acceptors (Lipinski definition) is 3. The van der Waals surface area contributed by atoms with Gasteiger partial charge in [0.25, 0.3) is 0 Å². The van der Waals surface area contributed by atoms with E-state index >= 15 is 0 Å². The van der Waals surface area contributed by atoms with E-state index in [0.717, 1.165) is 18.4 Å². The van der Waals surface area contributed by atoms with Gasteiger partial charge in [0.05, 0.1) is 6.10 Å². The molecule has 0 radical (unpaired) electrons. The van der Waals surface area contributed by atoms with Gasteiger partial charge in [-0.05, 0) is 55.2 Å². The highest BCUT2D eigenvalue weighted by molar-refractivity contribution is 6.30. The molecule has 3 rings (SSSR count). The smallest absolute Gasteiger partial charge is 0.223 e. The van der Waals surface area contributed by atoms with E-state index < -0.39 is 0 Å². The van der Waals surface area contributed by atoms with E-state index in [1.807, 2.05) is 24.3 Å². The third kappa shape index (κ3) is 4.88. The lowest BCUT2D eigenvalue weighted by Crippen LogP contribution is -2.49. The molecule has 3 unspecified atom stereocenters. The van der Waals surface area contributed by atoms with Crippen molar-refractivity contribution in [2.24, 2.45) is 23.5 Å². The number of hydrogen-bond donors (Lipinski definition) is 2. The number of methoxy groups -OCH3 is 1. The molecule has 1 amide bonds. The molecule has 1 aromatic rings. The summed E-state index contributed by atoms with van der Waals surface area (Å²) in [6.07, 6.45) is 5.28. The molecular formula is C19H28Cl2N2O2. The Morgan fingerprint density at radius 3 is 2.64 bits per heavy atom. The van der Waals surface area contributed by atoms with Gasteiger partial charge in [-0.1, -0.05) is 30.2 Å².